The summed E-state index contributed by atoms with van der Waals surface area (Å²) in [5.41, 5.74) is 6.01. The summed E-state index contributed by atoms with van der Waals surface area (Å²) in [4.78, 5) is 0. The molecule has 0 aliphatic heterocycles. The Hall–Kier alpha value is -1.83. The van der Waals surface area contributed by atoms with E-state index in [-0.39, 0.29) is 11.9 Å². The van der Waals surface area contributed by atoms with E-state index in [2.05, 4.69) is 45.1 Å². The first-order valence-corrected chi connectivity index (χ1v) is 6.57. The zero-order valence-corrected chi connectivity index (χ0v) is 11.9. The Morgan fingerprint density at radius 1 is 0.947 bits per heavy atom. The van der Waals surface area contributed by atoms with Crippen LogP contribution in [0.5, 0.6) is 0 Å². The van der Waals surface area contributed by atoms with Gasteiger partial charge < -0.3 is 5.32 Å². The molecule has 0 saturated heterocycles. The molecule has 2 heteroatoms. The lowest BCUT2D eigenvalue weighted by Crippen LogP contribution is -2.09. The van der Waals surface area contributed by atoms with Crippen molar-refractivity contribution < 1.29 is 4.39 Å². The van der Waals surface area contributed by atoms with E-state index < -0.39 is 0 Å². The zero-order valence-electron chi connectivity index (χ0n) is 11.9. The van der Waals surface area contributed by atoms with E-state index >= 15 is 0 Å². The molecule has 0 fully saturated rings. The summed E-state index contributed by atoms with van der Waals surface area (Å²) in [5.74, 6) is -0.196. The van der Waals surface area contributed by atoms with Crippen molar-refractivity contribution in [1.29, 1.82) is 0 Å². The van der Waals surface area contributed by atoms with Gasteiger partial charge in [0.1, 0.15) is 5.82 Å². The fourth-order valence-electron chi connectivity index (χ4n) is 2.46. The van der Waals surface area contributed by atoms with Crippen LogP contribution in [0.15, 0.2) is 36.4 Å². The largest absolute Gasteiger partial charge is 0.378 e. The van der Waals surface area contributed by atoms with Crippen LogP contribution in [0, 0.1) is 26.6 Å². The molecule has 0 bridgehead atoms. The fourth-order valence-corrected chi connectivity index (χ4v) is 2.46. The molecule has 0 aromatic heterocycles. The Morgan fingerprint density at radius 3 is 2.00 bits per heavy atom. The average Bonchev–Trinajstić information content (AvgIpc) is 2.34. The number of benzene rings is 2. The fraction of sp³-hybridized carbons (Fsp3) is 0.294. The van der Waals surface area contributed by atoms with E-state index in [0.717, 1.165) is 5.56 Å². The molecule has 100 valence electrons. The maximum Gasteiger partial charge on any atom is 0.123 e. The van der Waals surface area contributed by atoms with Crippen molar-refractivity contribution in [2.45, 2.75) is 33.7 Å². The minimum absolute atomic E-state index is 0.153. The van der Waals surface area contributed by atoms with Gasteiger partial charge in [-0.25, -0.2) is 4.39 Å². The monoisotopic (exact) mass is 257 g/mol. The molecule has 2 aromatic rings. The van der Waals surface area contributed by atoms with Crippen LogP contribution in [0.25, 0.3) is 0 Å². The molecule has 1 atom stereocenters. The molecular weight excluding hydrogens is 237 g/mol. The van der Waals surface area contributed by atoms with Gasteiger partial charge in [0, 0.05) is 11.7 Å². The standard InChI is InChI=1S/C17H20FN/c1-11-9-12(2)17(13(3)10-11)19-14(4)15-5-7-16(18)8-6-15/h5-10,14,19H,1-4H3. The van der Waals surface area contributed by atoms with Gasteiger partial charge in [0.25, 0.3) is 0 Å². The first kappa shape index (κ1) is 13.6. The SMILES string of the molecule is Cc1cc(C)c(NC(C)c2ccc(F)cc2)c(C)c1. The van der Waals surface area contributed by atoms with E-state index in [9.17, 15) is 4.39 Å². The Kier molecular flexibility index (Phi) is 3.89. The Labute approximate surface area is 114 Å². The molecule has 0 aliphatic carbocycles. The maximum atomic E-state index is 12.9. The highest BCUT2D eigenvalue weighted by Gasteiger charge is 2.09. The Balaban J connectivity index is 2.24. The van der Waals surface area contributed by atoms with Gasteiger partial charge in [-0.15, -0.1) is 0 Å². The van der Waals surface area contributed by atoms with E-state index in [1.165, 1.54) is 34.5 Å². The van der Waals surface area contributed by atoms with Crippen molar-refractivity contribution in [2.24, 2.45) is 0 Å². The predicted molar refractivity (Wildman–Crippen MR) is 79.1 cm³/mol. The topological polar surface area (TPSA) is 12.0 Å². The highest BCUT2D eigenvalue weighted by Crippen LogP contribution is 2.26. The summed E-state index contributed by atoms with van der Waals surface area (Å²) in [6.07, 6.45) is 0. The molecule has 1 unspecified atom stereocenters. The van der Waals surface area contributed by atoms with Crippen molar-refractivity contribution in [3.8, 4) is 0 Å². The first-order chi connectivity index (χ1) is 8.97. The smallest absolute Gasteiger partial charge is 0.123 e. The van der Waals surface area contributed by atoms with Crippen LogP contribution in [0.1, 0.15) is 35.2 Å². The van der Waals surface area contributed by atoms with Crippen LogP contribution < -0.4 is 5.32 Å². The third kappa shape index (κ3) is 3.14. The van der Waals surface area contributed by atoms with Gasteiger partial charge in [0.15, 0.2) is 0 Å². The lowest BCUT2D eigenvalue weighted by molar-refractivity contribution is 0.626. The van der Waals surface area contributed by atoms with Crippen molar-refractivity contribution in [1.82, 2.24) is 0 Å². The number of rotatable bonds is 3. The summed E-state index contributed by atoms with van der Waals surface area (Å²) in [6, 6.07) is 11.2. The van der Waals surface area contributed by atoms with Crippen LogP contribution >= 0.6 is 0 Å². The van der Waals surface area contributed by atoms with Gasteiger partial charge in [-0.1, -0.05) is 29.8 Å². The number of hydrogen-bond donors (Lipinski definition) is 1. The summed E-state index contributed by atoms with van der Waals surface area (Å²) in [5, 5.41) is 3.52. The quantitative estimate of drug-likeness (QED) is 0.822. The zero-order chi connectivity index (χ0) is 14.0. The van der Waals surface area contributed by atoms with E-state index in [4.69, 9.17) is 0 Å². The number of nitrogens with one attached hydrogen (secondary N) is 1. The second-order valence-electron chi connectivity index (χ2n) is 5.19. The molecular formula is C17H20FN. The van der Waals surface area contributed by atoms with Gasteiger partial charge in [0.2, 0.25) is 0 Å². The molecule has 0 radical (unpaired) electrons. The number of anilines is 1. The van der Waals surface area contributed by atoms with Gasteiger partial charge in [-0.3, -0.25) is 0 Å². The van der Waals surface area contributed by atoms with E-state index in [1.54, 1.807) is 0 Å². The second kappa shape index (κ2) is 5.43. The highest BCUT2D eigenvalue weighted by atomic mass is 19.1. The van der Waals surface area contributed by atoms with Crippen LogP contribution in [0.3, 0.4) is 0 Å². The van der Waals surface area contributed by atoms with Crippen molar-refractivity contribution in [3.05, 3.63) is 64.5 Å². The molecule has 1 nitrogen and oxygen atoms in total. The molecule has 0 spiro atoms. The molecule has 0 aliphatic rings. The minimum Gasteiger partial charge on any atom is -0.378 e. The molecule has 2 rings (SSSR count). The Bertz CT molecular complexity index is 549. The van der Waals surface area contributed by atoms with E-state index in [1.807, 2.05) is 12.1 Å². The molecule has 1 N–H and O–H groups in total. The number of hydrogen-bond acceptors (Lipinski definition) is 1. The normalized spacial score (nSPS) is 12.3. The van der Waals surface area contributed by atoms with Crippen LogP contribution in [-0.2, 0) is 0 Å². The lowest BCUT2D eigenvalue weighted by atomic mass is 10.0. The van der Waals surface area contributed by atoms with Crippen LogP contribution in [-0.4, -0.2) is 0 Å². The van der Waals surface area contributed by atoms with Crippen LogP contribution in [0.4, 0.5) is 10.1 Å². The third-order valence-corrected chi connectivity index (χ3v) is 3.41. The molecule has 0 heterocycles. The van der Waals surface area contributed by atoms with Crippen molar-refractivity contribution >= 4 is 5.69 Å². The number of aryl methyl sites for hydroxylation is 3. The summed E-state index contributed by atoms with van der Waals surface area (Å²) in [6.45, 7) is 8.42. The molecule has 2 aromatic carbocycles. The van der Waals surface area contributed by atoms with Gasteiger partial charge >= 0.3 is 0 Å². The first-order valence-electron chi connectivity index (χ1n) is 6.57. The average molecular weight is 257 g/mol. The van der Waals surface area contributed by atoms with Gasteiger partial charge in [-0.2, -0.15) is 0 Å². The van der Waals surface area contributed by atoms with Crippen molar-refractivity contribution in [2.75, 3.05) is 5.32 Å². The Morgan fingerprint density at radius 2 is 1.47 bits per heavy atom. The van der Waals surface area contributed by atoms with Crippen LogP contribution in [0.2, 0.25) is 0 Å². The van der Waals surface area contributed by atoms with Gasteiger partial charge in [-0.05, 0) is 56.5 Å². The summed E-state index contributed by atoms with van der Waals surface area (Å²) < 4.78 is 12.9. The molecule has 0 amide bonds. The van der Waals surface area contributed by atoms with E-state index in [0.29, 0.717) is 0 Å². The lowest BCUT2D eigenvalue weighted by Gasteiger charge is -2.20. The third-order valence-electron chi connectivity index (χ3n) is 3.41. The maximum absolute atomic E-state index is 12.9. The summed E-state index contributed by atoms with van der Waals surface area (Å²) in [7, 11) is 0. The molecule has 0 saturated carbocycles. The number of halogens is 1. The highest BCUT2D eigenvalue weighted by molar-refractivity contribution is 5.59. The van der Waals surface area contributed by atoms with Gasteiger partial charge in [0.05, 0.1) is 0 Å². The second-order valence-corrected chi connectivity index (χ2v) is 5.19. The minimum atomic E-state index is -0.196. The molecule has 19 heavy (non-hydrogen) atoms. The summed E-state index contributed by atoms with van der Waals surface area (Å²) >= 11 is 0. The predicted octanol–water partition coefficient (Wildman–Crippen LogP) is 4.92. The van der Waals surface area contributed by atoms with Crippen molar-refractivity contribution in [3.63, 3.8) is 0 Å².